The molecule has 1 aliphatic carbocycles. The summed E-state index contributed by atoms with van der Waals surface area (Å²) in [6.45, 7) is 1.42. The lowest BCUT2D eigenvalue weighted by Gasteiger charge is -2.26. The van der Waals surface area contributed by atoms with Gasteiger partial charge in [-0.25, -0.2) is 0 Å². The van der Waals surface area contributed by atoms with Gasteiger partial charge in [0.05, 0.1) is 0 Å². The fraction of sp³-hybridized carbons (Fsp3) is 0.750. The molecule has 5 heteroatoms. The maximum atomic E-state index is 11.1. The third kappa shape index (κ3) is 2.72. The average Bonchev–Trinajstić information content (AvgIpc) is 2.81. The molecule has 1 heterocycles. The highest BCUT2D eigenvalue weighted by Gasteiger charge is 2.29. The second-order valence-corrected chi connectivity index (χ2v) is 4.57. The Balaban J connectivity index is 2.12. The number of ether oxygens (including phenoxy) is 1. The number of carbonyl (C=O) groups excluding carboxylic acids is 1. The SMILES string of the molecule is COC(c1noc(C(C)=O)n1)C1CCCCC1. The summed E-state index contributed by atoms with van der Waals surface area (Å²) >= 11 is 0. The van der Waals surface area contributed by atoms with Gasteiger partial charge in [-0.3, -0.25) is 4.79 Å². The van der Waals surface area contributed by atoms with Crippen molar-refractivity contribution in [2.75, 3.05) is 7.11 Å². The molecule has 0 N–H and O–H groups in total. The predicted molar refractivity (Wildman–Crippen MR) is 60.6 cm³/mol. The van der Waals surface area contributed by atoms with Crippen molar-refractivity contribution in [3.63, 3.8) is 0 Å². The van der Waals surface area contributed by atoms with E-state index in [-0.39, 0.29) is 17.8 Å². The number of carbonyl (C=O) groups is 1. The van der Waals surface area contributed by atoms with Crippen molar-refractivity contribution in [1.29, 1.82) is 0 Å². The number of aromatic nitrogens is 2. The molecule has 1 aliphatic rings. The van der Waals surface area contributed by atoms with Crippen molar-refractivity contribution < 1.29 is 14.1 Å². The fourth-order valence-electron chi connectivity index (χ4n) is 2.44. The van der Waals surface area contributed by atoms with Crippen LogP contribution in [0.25, 0.3) is 0 Å². The Morgan fingerprint density at radius 2 is 2.12 bits per heavy atom. The normalized spacial score (nSPS) is 19.2. The first-order valence-electron chi connectivity index (χ1n) is 6.09. The number of hydrogen-bond acceptors (Lipinski definition) is 5. The Labute approximate surface area is 101 Å². The van der Waals surface area contributed by atoms with Gasteiger partial charge >= 0.3 is 0 Å². The molecule has 94 valence electrons. The van der Waals surface area contributed by atoms with Crippen LogP contribution in [-0.4, -0.2) is 23.0 Å². The lowest BCUT2D eigenvalue weighted by Crippen LogP contribution is -2.19. The van der Waals surface area contributed by atoms with E-state index in [4.69, 9.17) is 9.26 Å². The van der Waals surface area contributed by atoms with Gasteiger partial charge in [-0.2, -0.15) is 4.98 Å². The molecule has 1 fully saturated rings. The minimum absolute atomic E-state index is 0.0675. The van der Waals surface area contributed by atoms with E-state index in [2.05, 4.69) is 10.1 Å². The predicted octanol–water partition coefficient (Wildman–Crippen LogP) is 2.54. The van der Waals surface area contributed by atoms with Crippen LogP contribution in [0, 0.1) is 5.92 Å². The second kappa shape index (κ2) is 5.40. The quantitative estimate of drug-likeness (QED) is 0.754. The molecule has 1 unspecified atom stereocenters. The molecule has 2 rings (SSSR count). The standard InChI is InChI=1S/C12H18N2O3/c1-8(15)12-13-11(14-17-12)10(16-2)9-6-4-3-5-7-9/h9-10H,3-7H2,1-2H3. The van der Waals surface area contributed by atoms with Gasteiger partial charge in [-0.1, -0.05) is 24.4 Å². The van der Waals surface area contributed by atoms with E-state index in [0.29, 0.717) is 11.7 Å². The van der Waals surface area contributed by atoms with Gasteiger partial charge in [-0.05, 0) is 18.8 Å². The third-order valence-corrected chi connectivity index (χ3v) is 3.33. The van der Waals surface area contributed by atoms with Gasteiger partial charge in [0.2, 0.25) is 11.6 Å². The van der Waals surface area contributed by atoms with E-state index < -0.39 is 0 Å². The summed E-state index contributed by atoms with van der Waals surface area (Å²) in [4.78, 5) is 15.2. The molecule has 0 spiro atoms. The zero-order chi connectivity index (χ0) is 12.3. The van der Waals surface area contributed by atoms with Crippen LogP contribution in [0.1, 0.15) is 61.6 Å². The molecule has 1 atom stereocenters. The minimum Gasteiger partial charge on any atom is -0.373 e. The molecule has 0 saturated heterocycles. The third-order valence-electron chi connectivity index (χ3n) is 3.33. The molecule has 0 bridgehead atoms. The first-order chi connectivity index (χ1) is 8.22. The van der Waals surface area contributed by atoms with Crippen molar-refractivity contribution in [2.24, 2.45) is 5.92 Å². The molecule has 0 radical (unpaired) electrons. The van der Waals surface area contributed by atoms with Crippen molar-refractivity contribution >= 4 is 5.78 Å². The van der Waals surface area contributed by atoms with E-state index in [1.807, 2.05) is 0 Å². The number of rotatable bonds is 4. The molecule has 0 aromatic carbocycles. The van der Waals surface area contributed by atoms with Gasteiger partial charge in [0, 0.05) is 14.0 Å². The zero-order valence-electron chi connectivity index (χ0n) is 10.3. The highest BCUT2D eigenvalue weighted by atomic mass is 16.5. The van der Waals surface area contributed by atoms with Gasteiger partial charge in [0.25, 0.3) is 5.89 Å². The number of ketones is 1. The molecule has 0 amide bonds. The first kappa shape index (κ1) is 12.2. The Hall–Kier alpha value is -1.23. The number of hydrogen-bond donors (Lipinski definition) is 0. The van der Waals surface area contributed by atoms with Crippen molar-refractivity contribution in [3.05, 3.63) is 11.7 Å². The lowest BCUT2D eigenvalue weighted by molar-refractivity contribution is 0.0273. The van der Waals surface area contributed by atoms with Crippen LogP contribution < -0.4 is 0 Å². The van der Waals surface area contributed by atoms with Crippen molar-refractivity contribution in [2.45, 2.75) is 45.1 Å². The average molecular weight is 238 g/mol. The largest absolute Gasteiger partial charge is 0.373 e. The number of Topliss-reactive ketones (excluding diaryl/α,β-unsaturated/α-hetero) is 1. The molecule has 0 aliphatic heterocycles. The van der Waals surface area contributed by atoms with Gasteiger partial charge < -0.3 is 9.26 Å². The van der Waals surface area contributed by atoms with Crippen LogP contribution in [0.15, 0.2) is 4.52 Å². The van der Waals surface area contributed by atoms with E-state index >= 15 is 0 Å². The molecule has 1 aromatic heterocycles. The Kier molecular flexibility index (Phi) is 3.89. The maximum Gasteiger partial charge on any atom is 0.293 e. The molecular formula is C12H18N2O3. The van der Waals surface area contributed by atoms with Crippen LogP contribution in [-0.2, 0) is 4.74 Å². The summed E-state index contributed by atoms with van der Waals surface area (Å²) in [5.41, 5.74) is 0. The molecule has 17 heavy (non-hydrogen) atoms. The van der Waals surface area contributed by atoms with Gasteiger partial charge in [-0.15, -0.1) is 0 Å². The van der Waals surface area contributed by atoms with Crippen molar-refractivity contribution in [1.82, 2.24) is 10.1 Å². The number of methoxy groups -OCH3 is 1. The fourth-order valence-corrected chi connectivity index (χ4v) is 2.44. The van der Waals surface area contributed by atoms with Crippen LogP contribution in [0.4, 0.5) is 0 Å². The van der Waals surface area contributed by atoms with Crippen LogP contribution >= 0.6 is 0 Å². The van der Waals surface area contributed by atoms with E-state index in [0.717, 1.165) is 12.8 Å². The monoisotopic (exact) mass is 238 g/mol. The molecule has 5 nitrogen and oxygen atoms in total. The molecular weight excluding hydrogens is 220 g/mol. The Morgan fingerprint density at radius 1 is 1.41 bits per heavy atom. The van der Waals surface area contributed by atoms with E-state index in [1.165, 1.54) is 26.2 Å². The van der Waals surface area contributed by atoms with Crippen LogP contribution in [0.2, 0.25) is 0 Å². The maximum absolute atomic E-state index is 11.1. The topological polar surface area (TPSA) is 65.2 Å². The smallest absolute Gasteiger partial charge is 0.293 e. The molecule has 1 saturated carbocycles. The van der Waals surface area contributed by atoms with E-state index in [9.17, 15) is 4.79 Å². The summed E-state index contributed by atoms with van der Waals surface area (Å²) in [5, 5.41) is 3.85. The summed E-state index contributed by atoms with van der Waals surface area (Å²) in [6, 6.07) is 0. The summed E-state index contributed by atoms with van der Waals surface area (Å²) in [5.74, 6) is 0.802. The highest BCUT2D eigenvalue weighted by molar-refractivity contribution is 5.89. The zero-order valence-corrected chi connectivity index (χ0v) is 10.3. The summed E-state index contributed by atoms with van der Waals surface area (Å²) < 4.78 is 10.4. The first-order valence-corrected chi connectivity index (χ1v) is 6.09. The van der Waals surface area contributed by atoms with Gasteiger partial charge in [0.1, 0.15) is 6.10 Å². The van der Waals surface area contributed by atoms with E-state index in [1.54, 1.807) is 7.11 Å². The highest BCUT2D eigenvalue weighted by Crippen LogP contribution is 2.35. The Morgan fingerprint density at radius 3 is 2.65 bits per heavy atom. The number of nitrogens with zero attached hydrogens (tertiary/aromatic N) is 2. The lowest BCUT2D eigenvalue weighted by atomic mass is 9.85. The second-order valence-electron chi connectivity index (χ2n) is 4.57. The Bertz CT molecular complexity index is 383. The van der Waals surface area contributed by atoms with Crippen LogP contribution in [0.3, 0.4) is 0 Å². The summed E-state index contributed by atoms with van der Waals surface area (Å²) in [7, 11) is 1.66. The molecule has 1 aromatic rings. The summed E-state index contributed by atoms with van der Waals surface area (Å²) in [6.07, 6.45) is 5.85. The minimum atomic E-state index is -0.206. The van der Waals surface area contributed by atoms with Crippen molar-refractivity contribution in [3.8, 4) is 0 Å². The van der Waals surface area contributed by atoms with Crippen LogP contribution in [0.5, 0.6) is 0 Å². The van der Waals surface area contributed by atoms with Gasteiger partial charge in [0.15, 0.2) is 0 Å².